The van der Waals surface area contributed by atoms with Crippen LogP contribution in [0.2, 0.25) is 0 Å². The van der Waals surface area contributed by atoms with E-state index < -0.39 is 0 Å². The van der Waals surface area contributed by atoms with Gasteiger partial charge in [-0.2, -0.15) is 35.9 Å². The minimum Gasteiger partial charge on any atom is -1.00 e. The van der Waals surface area contributed by atoms with Gasteiger partial charge >= 0.3 is 112 Å². The van der Waals surface area contributed by atoms with E-state index in [2.05, 4.69) is 170 Å². The van der Waals surface area contributed by atoms with Gasteiger partial charge in [0.05, 0.1) is 0 Å². The summed E-state index contributed by atoms with van der Waals surface area (Å²) in [6, 6.07) is 38.9. The minimum atomic E-state index is 0. The largest absolute Gasteiger partial charge is 1.00 e. The van der Waals surface area contributed by atoms with Crippen molar-refractivity contribution in [2.24, 2.45) is 0 Å². The Labute approximate surface area is 344 Å². The van der Waals surface area contributed by atoms with E-state index in [-0.39, 0.29) is 46.5 Å². The summed E-state index contributed by atoms with van der Waals surface area (Å²) in [5.41, 5.74) is 17.3. The molecule has 6 rings (SSSR count). The Hall–Kier alpha value is -2.44. The Kier molecular flexibility index (Phi) is 15.6. The van der Waals surface area contributed by atoms with Crippen molar-refractivity contribution in [3.05, 3.63) is 159 Å². The number of hydrogen-bond donors (Lipinski definition) is 0. The number of benzene rings is 4. The number of rotatable bonds is 2. The Morgan fingerprint density at radius 3 is 1.33 bits per heavy atom. The van der Waals surface area contributed by atoms with Gasteiger partial charge in [0.1, 0.15) is 0 Å². The second-order valence-corrected chi connectivity index (χ2v) is 19.5. The summed E-state index contributed by atoms with van der Waals surface area (Å²) in [5.74, 6) is 0. The second-order valence-electron chi connectivity index (χ2n) is 18.3. The van der Waals surface area contributed by atoms with E-state index in [9.17, 15) is 0 Å². The predicted molar refractivity (Wildman–Crippen MR) is 216 cm³/mol. The molecule has 276 valence electrons. The van der Waals surface area contributed by atoms with E-state index in [0.29, 0.717) is 0 Å². The van der Waals surface area contributed by atoms with Gasteiger partial charge in [-0.05, 0) is 39.4 Å². The van der Waals surface area contributed by atoms with Gasteiger partial charge in [-0.3, -0.25) is 0 Å². The molecule has 0 saturated heterocycles. The molecule has 5 aromatic rings. The zero-order valence-corrected chi connectivity index (χ0v) is 38.2. The number of hydrogen-bond acceptors (Lipinski definition) is 0. The molecule has 3 heteroatoms. The first kappa shape index (κ1) is 45.7. The van der Waals surface area contributed by atoms with Crippen molar-refractivity contribution < 1.29 is 49.0 Å². The monoisotopic (exact) mass is 808 g/mol. The van der Waals surface area contributed by atoms with Crippen LogP contribution in [0.5, 0.6) is 0 Å². The molecule has 52 heavy (non-hydrogen) atoms. The van der Waals surface area contributed by atoms with Crippen molar-refractivity contribution in [3.8, 4) is 11.1 Å². The Bertz CT molecular complexity index is 1750. The summed E-state index contributed by atoms with van der Waals surface area (Å²) < 4.78 is 1.42. The molecule has 0 radical (unpaired) electrons. The van der Waals surface area contributed by atoms with Gasteiger partial charge in [0, 0.05) is 0 Å². The summed E-state index contributed by atoms with van der Waals surface area (Å²) in [4.78, 5) is 0. The molecule has 5 aromatic carbocycles. The SMILES string of the molecule is CC(C)(C)c1[c-]c2c(cc1C(C)(C)C)-c1cc(C(C)(C)C)c(C(C)(C)C)cc1C2.Cc1ccc([C](=[Zr+2])c2ccc(C)cc2)cc1.[Cl-].[Cl-].c1cc[cH-]c1. The quantitative estimate of drug-likeness (QED) is 0.164. The normalized spacial score (nSPS) is 12.2. The van der Waals surface area contributed by atoms with Crippen molar-refractivity contribution in [3.63, 3.8) is 0 Å². The Balaban J connectivity index is 0.000000340. The van der Waals surface area contributed by atoms with Crippen LogP contribution in [0.15, 0.2) is 97.1 Å². The molecule has 0 N–H and O–H groups in total. The van der Waals surface area contributed by atoms with Crippen LogP contribution in [0.3, 0.4) is 0 Å². The van der Waals surface area contributed by atoms with E-state index in [0.717, 1.165) is 6.42 Å². The molecular weight excluding hydrogens is 751 g/mol. The van der Waals surface area contributed by atoms with Crippen LogP contribution >= 0.6 is 0 Å². The van der Waals surface area contributed by atoms with Crippen LogP contribution in [0.1, 0.15) is 139 Å². The minimum absolute atomic E-state index is 0. The average Bonchev–Trinajstić information content (AvgIpc) is 3.71. The summed E-state index contributed by atoms with van der Waals surface area (Å²) in [6.07, 6.45) is 1.01. The molecule has 0 nitrogen and oxygen atoms in total. The molecule has 1 aliphatic rings. The molecule has 0 amide bonds. The van der Waals surface area contributed by atoms with Gasteiger partial charge < -0.3 is 24.8 Å². The van der Waals surface area contributed by atoms with Gasteiger partial charge in [0.15, 0.2) is 0 Å². The molecular formula is C49H60Cl2Zr-2. The van der Waals surface area contributed by atoms with Gasteiger partial charge in [-0.15, -0.1) is 16.7 Å². The Morgan fingerprint density at radius 2 is 0.962 bits per heavy atom. The molecule has 0 bridgehead atoms. The third kappa shape index (κ3) is 11.5. The molecule has 0 saturated carbocycles. The molecule has 0 spiro atoms. The van der Waals surface area contributed by atoms with Crippen LogP contribution < -0.4 is 24.8 Å². The molecule has 0 atom stereocenters. The van der Waals surface area contributed by atoms with E-state index in [1.807, 2.05) is 30.3 Å². The van der Waals surface area contributed by atoms with Crippen molar-refractivity contribution in [1.82, 2.24) is 0 Å². The molecule has 0 aromatic heterocycles. The maximum Gasteiger partial charge on any atom is -0.172 e. The average molecular weight is 811 g/mol. The standard InChI is InChI=1S/C29H41.C15H14.C5H5.2ClH.Zr/c1-26(2,3)22-14-18-13-19-15-23(27(4,5)6)25(29(10,11)12)17-21(19)20(18)16-24(22)28(7,8)9;1-12-3-7-14(8-4-12)11-15-9-5-13(2)6-10-15;1-2-4-5-3-1;;;/h14,16-17H,13H2,1-12H3;3-10H,1-2H3;1-5H;2*1H;/q-1;;-1;;;+2/p-2. The van der Waals surface area contributed by atoms with Crippen LogP contribution in [0, 0.1) is 19.9 Å². The first-order valence-corrected chi connectivity index (χ1v) is 19.5. The van der Waals surface area contributed by atoms with Gasteiger partial charge in [-0.1, -0.05) is 106 Å². The van der Waals surface area contributed by atoms with Crippen LogP contribution in [0.4, 0.5) is 0 Å². The maximum absolute atomic E-state index is 3.90. The van der Waals surface area contributed by atoms with E-state index in [1.165, 1.54) is 94.2 Å². The fraction of sp³-hybridized carbons (Fsp3) is 0.388. The second kappa shape index (κ2) is 17.8. The molecule has 0 fully saturated rings. The van der Waals surface area contributed by atoms with Crippen LogP contribution in [-0.2, 0) is 52.3 Å². The van der Waals surface area contributed by atoms with Crippen molar-refractivity contribution in [1.29, 1.82) is 0 Å². The van der Waals surface area contributed by atoms with Crippen molar-refractivity contribution in [2.45, 2.75) is 125 Å². The summed E-state index contributed by atoms with van der Waals surface area (Å²) in [7, 11) is 0. The fourth-order valence-electron chi connectivity index (χ4n) is 6.55. The molecule has 0 unspecified atom stereocenters. The predicted octanol–water partition coefficient (Wildman–Crippen LogP) is 7.08. The number of halogens is 2. The summed E-state index contributed by atoms with van der Waals surface area (Å²) >= 11 is 1.46. The van der Waals surface area contributed by atoms with Gasteiger partial charge in [0.25, 0.3) is 0 Å². The zero-order chi connectivity index (χ0) is 37.2. The summed E-state index contributed by atoms with van der Waals surface area (Å²) in [6.45, 7) is 32.2. The van der Waals surface area contributed by atoms with E-state index in [1.54, 1.807) is 0 Å². The number of fused-ring (bicyclic) bond motifs is 3. The van der Waals surface area contributed by atoms with E-state index in [4.69, 9.17) is 0 Å². The zero-order valence-electron chi connectivity index (χ0n) is 34.2. The third-order valence-electron chi connectivity index (χ3n) is 9.47. The van der Waals surface area contributed by atoms with Crippen molar-refractivity contribution >= 4 is 3.21 Å². The van der Waals surface area contributed by atoms with Gasteiger partial charge in [0.2, 0.25) is 0 Å². The maximum atomic E-state index is 3.90. The molecule has 1 aliphatic carbocycles. The Morgan fingerprint density at radius 1 is 0.558 bits per heavy atom. The van der Waals surface area contributed by atoms with Crippen molar-refractivity contribution in [2.75, 3.05) is 0 Å². The van der Waals surface area contributed by atoms with Crippen LogP contribution in [0.25, 0.3) is 11.1 Å². The first-order valence-electron chi connectivity index (χ1n) is 18.2. The molecule has 0 aliphatic heterocycles. The summed E-state index contributed by atoms with van der Waals surface area (Å²) in [5, 5.41) is 0. The number of aryl methyl sites for hydroxylation is 2. The fourth-order valence-corrected chi connectivity index (χ4v) is 7.37. The van der Waals surface area contributed by atoms with Gasteiger partial charge in [-0.25, -0.2) is 12.1 Å². The topological polar surface area (TPSA) is 0 Å². The third-order valence-corrected chi connectivity index (χ3v) is 10.9. The van der Waals surface area contributed by atoms with E-state index >= 15 is 0 Å². The molecule has 0 heterocycles. The van der Waals surface area contributed by atoms with Crippen LogP contribution in [-0.4, -0.2) is 3.21 Å². The smallest absolute Gasteiger partial charge is 0.172 e. The first-order chi connectivity index (χ1) is 23.1.